The van der Waals surface area contributed by atoms with E-state index in [1.807, 2.05) is 0 Å². The Hall–Kier alpha value is 0.0700. The summed E-state index contributed by atoms with van der Waals surface area (Å²) >= 11 is 5.52. The second-order valence-corrected chi connectivity index (χ2v) is 8.09. The van der Waals surface area contributed by atoms with Gasteiger partial charge in [-0.25, -0.2) is 4.98 Å². The highest BCUT2D eigenvalue weighted by Gasteiger charge is 2.21. The quantitative estimate of drug-likeness (QED) is 0.771. The lowest BCUT2D eigenvalue weighted by Gasteiger charge is -2.29. The SMILES string of the molecule is CC(C)(C)c1csc(CN2CCCC(Br)C2)n1. The number of nitrogens with zero attached hydrogens (tertiary/aromatic N) is 2. The Bertz CT molecular complexity index is 370. The molecule has 0 bridgehead atoms. The third-order valence-electron chi connectivity index (χ3n) is 3.13. The van der Waals surface area contributed by atoms with Crippen LogP contribution in [0.25, 0.3) is 0 Å². The van der Waals surface area contributed by atoms with Crippen LogP contribution in [0.15, 0.2) is 5.38 Å². The summed E-state index contributed by atoms with van der Waals surface area (Å²) in [6, 6.07) is 0. The Kier molecular flexibility index (Phi) is 4.26. The molecule has 0 aromatic carbocycles. The molecule has 0 radical (unpaired) electrons. The number of rotatable bonds is 2. The van der Waals surface area contributed by atoms with E-state index in [1.54, 1.807) is 11.3 Å². The normalized spacial score (nSPS) is 22.9. The van der Waals surface area contributed by atoms with Crippen molar-refractivity contribution in [3.05, 3.63) is 16.1 Å². The van der Waals surface area contributed by atoms with Crippen LogP contribution in [0.1, 0.15) is 44.3 Å². The first kappa shape index (κ1) is 13.5. The fraction of sp³-hybridized carbons (Fsp3) is 0.769. The first-order valence-corrected chi connectivity index (χ1v) is 8.06. The van der Waals surface area contributed by atoms with Gasteiger partial charge in [0.25, 0.3) is 0 Å². The van der Waals surface area contributed by atoms with Crippen LogP contribution in [0.4, 0.5) is 0 Å². The zero-order valence-electron chi connectivity index (χ0n) is 10.9. The zero-order valence-corrected chi connectivity index (χ0v) is 13.3. The first-order valence-electron chi connectivity index (χ1n) is 6.26. The van der Waals surface area contributed by atoms with Gasteiger partial charge in [0.2, 0.25) is 0 Å². The predicted octanol–water partition coefficient (Wildman–Crippen LogP) is 3.80. The van der Waals surface area contributed by atoms with Crippen LogP contribution in [-0.2, 0) is 12.0 Å². The summed E-state index contributed by atoms with van der Waals surface area (Å²) < 4.78 is 0. The molecule has 1 aromatic heterocycles. The Morgan fingerprint density at radius 3 is 2.88 bits per heavy atom. The van der Waals surface area contributed by atoms with Crippen LogP contribution < -0.4 is 0 Å². The number of halogens is 1. The molecule has 2 rings (SSSR count). The van der Waals surface area contributed by atoms with Crippen molar-refractivity contribution in [1.29, 1.82) is 0 Å². The second-order valence-electron chi connectivity index (χ2n) is 5.85. The molecule has 0 saturated carbocycles. The fourth-order valence-electron chi connectivity index (χ4n) is 2.06. The number of likely N-dealkylation sites (tertiary alicyclic amines) is 1. The van der Waals surface area contributed by atoms with Crippen LogP contribution in [-0.4, -0.2) is 27.8 Å². The summed E-state index contributed by atoms with van der Waals surface area (Å²) in [6.07, 6.45) is 2.61. The van der Waals surface area contributed by atoms with Gasteiger partial charge in [-0.05, 0) is 19.4 Å². The summed E-state index contributed by atoms with van der Waals surface area (Å²) in [6.45, 7) is 10.1. The van der Waals surface area contributed by atoms with Gasteiger partial charge in [-0.15, -0.1) is 11.3 Å². The van der Waals surface area contributed by atoms with E-state index < -0.39 is 0 Å². The highest BCUT2D eigenvalue weighted by molar-refractivity contribution is 9.09. The fourth-order valence-corrected chi connectivity index (χ4v) is 3.86. The minimum Gasteiger partial charge on any atom is -0.296 e. The zero-order chi connectivity index (χ0) is 12.5. The number of hydrogen-bond donors (Lipinski definition) is 0. The van der Waals surface area contributed by atoms with Crippen LogP contribution in [0, 0.1) is 0 Å². The Balaban J connectivity index is 1.97. The van der Waals surface area contributed by atoms with Crippen LogP contribution in [0.3, 0.4) is 0 Å². The molecule has 0 aliphatic carbocycles. The highest BCUT2D eigenvalue weighted by atomic mass is 79.9. The Morgan fingerprint density at radius 1 is 1.53 bits per heavy atom. The largest absolute Gasteiger partial charge is 0.296 e. The maximum atomic E-state index is 4.76. The molecular formula is C13H21BrN2S. The molecule has 1 aliphatic rings. The van der Waals surface area contributed by atoms with Crippen LogP contribution in [0.5, 0.6) is 0 Å². The summed E-state index contributed by atoms with van der Waals surface area (Å²) in [5.41, 5.74) is 1.40. The van der Waals surface area contributed by atoms with Crippen molar-refractivity contribution in [1.82, 2.24) is 9.88 Å². The van der Waals surface area contributed by atoms with E-state index >= 15 is 0 Å². The molecule has 1 fully saturated rings. The van der Waals surface area contributed by atoms with E-state index in [9.17, 15) is 0 Å². The lowest BCUT2D eigenvalue weighted by Crippen LogP contribution is -2.35. The molecule has 1 aromatic rings. The van der Waals surface area contributed by atoms with Gasteiger partial charge in [0, 0.05) is 22.2 Å². The average molecular weight is 317 g/mol. The maximum Gasteiger partial charge on any atom is 0.107 e. The smallest absolute Gasteiger partial charge is 0.107 e. The molecule has 96 valence electrons. The molecule has 17 heavy (non-hydrogen) atoms. The van der Waals surface area contributed by atoms with Crippen molar-refractivity contribution in [2.45, 2.75) is 50.4 Å². The van der Waals surface area contributed by atoms with Gasteiger partial charge in [-0.1, -0.05) is 36.7 Å². The maximum absolute atomic E-state index is 4.76. The number of piperidine rings is 1. The minimum absolute atomic E-state index is 0.175. The molecule has 1 aliphatic heterocycles. The summed E-state index contributed by atoms with van der Waals surface area (Å²) in [7, 11) is 0. The summed E-state index contributed by atoms with van der Waals surface area (Å²) in [5, 5.41) is 3.47. The van der Waals surface area contributed by atoms with Crippen molar-refractivity contribution in [3.8, 4) is 0 Å². The number of aromatic nitrogens is 1. The van der Waals surface area contributed by atoms with Gasteiger partial charge in [0.1, 0.15) is 5.01 Å². The topological polar surface area (TPSA) is 16.1 Å². The molecule has 1 unspecified atom stereocenters. The van der Waals surface area contributed by atoms with E-state index in [4.69, 9.17) is 4.98 Å². The van der Waals surface area contributed by atoms with Gasteiger partial charge >= 0.3 is 0 Å². The van der Waals surface area contributed by atoms with E-state index in [2.05, 4.69) is 47.0 Å². The van der Waals surface area contributed by atoms with Crippen molar-refractivity contribution < 1.29 is 0 Å². The third kappa shape index (κ3) is 3.76. The van der Waals surface area contributed by atoms with Crippen molar-refractivity contribution in [2.75, 3.05) is 13.1 Å². The summed E-state index contributed by atoms with van der Waals surface area (Å²) in [4.78, 5) is 7.94. The van der Waals surface area contributed by atoms with Gasteiger partial charge < -0.3 is 0 Å². The van der Waals surface area contributed by atoms with Crippen molar-refractivity contribution >= 4 is 27.3 Å². The monoisotopic (exact) mass is 316 g/mol. The number of alkyl halides is 1. The highest BCUT2D eigenvalue weighted by Crippen LogP contribution is 2.25. The molecule has 1 saturated heterocycles. The molecule has 0 N–H and O–H groups in total. The van der Waals surface area contributed by atoms with Crippen LogP contribution in [0.2, 0.25) is 0 Å². The molecule has 1 atom stereocenters. The number of thiazole rings is 1. The average Bonchev–Trinajstić information content (AvgIpc) is 2.65. The molecule has 0 amide bonds. The predicted molar refractivity (Wildman–Crippen MR) is 78.0 cm³/mol. The third-order valence-corrected chi connectivity index (χ3v) is 4.71. The van der Waals surface area contributed by atoms with E-state index in [-0.39, 0.29) is 5.41 Å². The second kappa shape index (κ2) is 5.37. The molecular weight excluding hydrogens is 296 g/mol. The lowest BCUT2D eigenvalue weighted by atomic mass is 9.93. The molecule has 2 nitrogen and oxygen atoms in total. The standard InChI is InChI=1S/C13H21BrN2S/c1-13(2,3)11-9-17-12(15-11)8-16-6-4-5-10(14)7-16/h9-10H,4-8H2,1-3H3. The van der Waals surface area contributed by atoms with Crippen molar-refractivity contribution in [3.63, 3.8) is 0 Å². The number of hydrogen-bond acceptors (Lipinski definition) is 3. The van der Waals surface area contributed by atoms with Crippen LogP contribution >= 0.6 is 27.3 Å². The molecule has 0 spiro atoms. The Morgan fingerprint density at radius 2 is 2.29 bits per heavy atom. The van der Waals surface area contributed by atoms with Gasteiger partial charge in [-0.2, -0.15) is 0 Å². The van der Waals surface area contributed by atoms with Crippen molar-refractivity contribution in [2.24, 2.45) is 0 Å². The van der Waals surface area contributed by atoms with E-state index in [0.29, 0.717) is 4.83 Å². The minimum atomic E-state index is 0.175. The molecule has 4 heteroatoms. The summed E-state index contributed by atoms with van der Waals surface area (Å²) in [5.74, 6) is 0. The van der Waals surface area contributed by atoms with Gasteiger partial charge in [0.15, 0.2) is 0 Å². The lowest BCUT2D eigenvalue weighted by molar-refractivity contribution is 0.227. The Labute approximate surface area is 117 Å². The first-order chi connectivity index (χ1) is 7.95. The van der Waals surface area contributed by atoms with Gasteiger partial charge in [0.05, 0.1) is 12.2 Å². The van der Waals surface area contributed by atoms with E-state index in [0.717, 1.165) is 13.1 Å². The molecule has 2 heterocycles. The van der Waals surface area contributed by atoms with Gasteiger partial charge in [-0.3, -0.25) is 4.90 Å². The van der Waals surface area contributed by atoms with E-state index in [1.165, 1.54) is 30.1 Å².